The van der Waals surface area contributed by atoms with Gasteiger partial charge in [-0.25, -0.2) is 8.42 Å². The average Bonchev–Trinajstić information content (AvgIpc) is 3.50. The summed E-state index contributed by atoms with van der Waals surface area (Å²) in [6, 6.07) is 26.4. The van der Waals surface area contributed by atoms with E-state index in [9.17, 15) is 18.3 Å². The number of hydrogen-bond acceptors (Lipinski definition) is 9. The van der Waals surface area contributed by atoms with E-state index in [2.05, 4.69) is 15.4 Å². The van der Waals surface area contributed by atoms with E-state index in [1.54, 1.807) is 68.6 Å². The van der Waals surface area contributed by atoms with E-state index >= 15 is 0 Å². The van der Waals surface area contributed by atoms with Gasteiger partial charge in [0.1, 0.15) is 23.6 Å². The molecule has 1 aliphatic rings. The number of amides is 1. The van der Waals surface area contributed by atoms with Crippen LogP contribution in [0.15, 0.2) is 91.0 Å². The molecule has 0 fully saturated rings. The molecule has 1 aliphatic heterocycles. The number of ether oxygens (including phenoxy) is 4. The van der Waals surface area contributed by atoms with Gasteiger partial charge in [0.15, 0.2) is 11.5 Å². The van der Waals surface area contributed by atoms with E-state index in [-0.39, 0.29) is 31.5 Å². The van der Waals surface area contributed by atoms with Gasteiger partial charge in [0, 0.05) is 18.3 Å². The second-order valence-corrected chi connectivity index (χ2v) is 12.4. The lowest BCUT2D eigenvalue weighted by molar-refractivity contribution is -0.122. The monoisotopic (exact) mass is 633 g/mol. The van der Waals surface area contributed by atoms with E-state index in [1.165, 1.54) is 6.07 Å². The fraction of sp³-hybridized carbons (Fsp3) is 0.242. The Morgan fingerprint density at radius 3 is 2.42 bits per heavy atom. The number of benzene rings is 4. The molecule has 0 saturated carbocycles. The fourth-order valence-electron chi connectivity index (χ4n) is 4.78. The van der Waals surface area contributed by atoms with E-state index < -0.39 is 21.7 Å². The van der Waals surface area contributed by atoms with Crippen molar-refractivity contribution in [1.29, 1.82) is 0 Å². The molecule has 45 heavy (non-hydrogen) atoms. The molecule has 0 aromatic heterocycles. The second-order valence-electron chi connectivity index (χ2n) is 10.7. The highest BCUT2D eigenvalue weighted by Crippen LogP contribution is 2.35. The lowest BCUT2D eigenvalue weighted by Gasteiger charge is -2.31. The Morgan fingerprint density at radius 1 is 0.978 bits per heavy atom. The fourth-order valence-corrected chi connectivity index (χ4v) is 5.34. The van der Waals surface area contributed by atoms with Gasteiger partial charge in [0.25, 0.3) is 0 Å². The van der Waals surface area contributed by atoms with Gasteiger partial charge in [-0.15, -0.1) is 0 Å². The van der Waals surface area contributed by atoms with Crippen molar-refractivity contribution < 1.29 is 37.3 Å². The molecule has 4 aromatic rings. The summed E-state index contributed by atoms with van der Waals surface area (Å²) in [4.78, 5) is 13.8. The maximum absolute atomic E-state index is 13.8. The summed E-state index contributed by atoms with van der Waals surface area (Å²) in [6.07, 6.45) is -0.0817. The van der Waals surface area contributed by atoms with Crippen molar-refractivity contribution in [3.05, 3.63) is 108 Å². The molecule has 11 nitrogen and oxygen atoms in total. The zero-order chi connectivity index (χ0) is 32.0. The summed E-state index contributed by atoms with van der Waals surface area (Å²) in [7, 11) is -2.10. The first-order chi connectivity index (χ1) is 21.5. The summed E-state index contributed by atoms with van der Waals surface area (Å²) >= 11 is 0. The highest BCUT2D eigenvalue weighted by atomic mass is 32.2. The van der Waals surface area contributed by atoms with E-state index in [1.807, 2.05) is 30.3 Å². The topological polar surface area (TPSA) is 144 Å². The number of carbonyl (C=O) groups is 1. The number of anilines is 2. The Kier molecular flexibility index (Phi) is 9.47. The minimum Gasteiger partial charge on any atom is -0.497 e. The summed E-state index contributed by atoms with van der Waals surface area (Å²) in [5, 5.41) is 17.4. The van der Waals surface area contributed by atoms with Gasteiger partial charge in [-0.05, 0) is 60.0 Å². The molecule has 12 heteroatoms. The Labute approximate surface area is 262 Å². The molecule has 1 amide bonds. The number of aliphatic hydroxyl groups excluding tert-OH is 1. The van der Waals surface area contributed by atoms with Gasteiger partial charge < -0.3 is 29.4 Å². The van der Waals surface area contributed by atoms with Gasteiger partial charge in [-0.3, -0.25) is 14.8 Å². The van der Waals surface area contributed by atoms with Crippen LogP contribution in [0, 0.1) is 0 Å². The predicted molar refractivity (Wildman–Crippen MR) is 170 cm³/mol. The number of hydrogen-bond donors (Lipinski definition) is 4. The Balaban J connectivity index is 1.37. The molecule has 0 spiro atoms. The van der Waals surface area contributed by atoms with E-state index in [0.29, 0.717) is 39.8 Å². The summed E-state index contributed by atoms with van der Waals surface area (Å²) < 4.78 is 48.8. The largest absolute Gasteiger partial charge is 0.497 e. The van der Waals surface area contributed by atoms with E-state index in [0.717, 1.165) is 11.8 Å². The summed E-state index contributed by atoms with van der Waals surface area (Å²) in [5.41, 5.74) is 1.33. The zero-order valence-electron chi connectivity index (χ0n) is 25.1. The highest BCUT2D eigenvalue weighted by Gasteiger charge is 2.36. The smallest absolute Gasteiger partial charge is 0.249 e. The number of nitrogens with one attached hydrogen (secondary N) is 3. The number of rotatable bonds is 13. The summed E-state index contributed by atoms with van der Waals surface area (Å²) in [6.45, 7) is 1.99. The van der Waals surface area contributed by atoms with Crippen LogP contribution >= 0.6 is 0 Å². The first kappa shape index (κ1) is 31.6. The van der Waals surface area contributed by atoms with Crippen LogP contribution in [0.5, 0.6) is 23.0 Å². The van der Waals surface area contributed by atoms with Crippen molar-refractivity contribution in [2.75, 3.05) is 36.7 Å². The van der Waals surface area contributed by atoms with Crippen LogP contribution in [0.4, 0.5) is 11.4 Å². The van der Waals surface area contributed by atoms with Crippen LogP contribution in [0.1, 0.15) is 29.7 Å². The third-order valence-electron chi connectivity index (χ3n) is 7.32. The van der Waals surface area contributed by atoms with Crippen LogP contribution < -0.4 is 34.3 Å². The van der Waals surface area contributed by atoms with Crippen molar-refractivity contribution in [3.8, 4) is 23.0 Å². The Hall–Kier alpha value is -4.78. The van der Waals surface area contributed by atoms with Crippen molar-refractivity contribution in [2.45, 2.75) is 25.2 Å². The van der Waals surface area contributed by atoms with Crippen LogP contribution in [0.3, 0.4) is 0 Å². The van der Waals surface area contributed by atoms with Crippen molar-refractivity contribution in [3.63, 3.8) is 0 Å². The zero-order valence-corrected chi connectivity index (χ0v) is 25.9. The molecule has 4 aromatic carbocycles. The molecule has 0 radical (unpaired) electrons. The lowest BCUT2D eigenvalue weighted by atomic mass is 9.90. The number of methoxy groups -OCH3 is 1. The quantitative estimate of drug-likeness (QED) is 0.167. The molecule has 0 unspecified atom stereocenters. The van der Waals surface area contributed by atoms with Crippen LogP contribution in [0.2, 0.25) is 0 Å². The first-order valence-electron chi connectivity index (χ1n) is 14.1. The van der Waals surface area contributed by atoms with Gasteiger partial charge >= 0.3 is 0 Å². The molecular formula is C33H35N3O8S. The Morgan fingerprint density at radius 2 is 1.71 bits per heavy atom. The predicted octanol–water partition coefficient (Wildman–Crippen LogP) is 4.55. The van der Waals surface area contributed by atoms with Gasteiger partial charge in [-0.2, -0.15) is 0 Å². The SMILES string of the molecule is COc1ccc([C@](C)(NC[C@H](O)c2ccc(OCc3ccccc3)c(NS(C)(=O)=O)c2)C(=O)Nc2ccc3c(c2)OCO3)cc1. The van der Waals surface area contributed by atoms with Crippen LogP contribution in [0.25, 0.3) is 0 Å². The van der Waals surface area contributed by atoms with Crippen LogP contribution in [-0.4, -0.2) is 46.1 Å². The Bertz CT molecular complexity index is 1750. The van der Waals surface area contributed by atoms with Crippen LogP contribution in [-0.2, 0) is 27.0 Å². The number of carbonyl (C=O) groups excluding carboxylic acids is 1. The maximum atomic E-state index is 13.8. The third-order valence-corrected chi connectivity index (χ3v) is 7.91. The standard InChI is InChI=1S/C33H35N3O8S/c1-33(24-10-13-26(41-2)14-11-24,32(38)35-25-12-16-30-31(18-25)44-21-43-30)34-19-28(37)23-9-15-29(27(17-23)36-45(3,39)40)42-20-22-7-5-4-6-8-22/h4-18,28,34,36-37H,19-21H2,1-3H3,(H,35,38)/t28-,33-/m0/s1. The number of aliphatic hydroxyl groups is 1. The molecule has 2 atom stereocenters. The first-order valence-corrected chi connectivity index (χ1v) is 16.0. The molecule has 5 rings (SSSR count). The lowest BCUT2D eigenvalue weighted by Crippen LogP contribution is -2.50. The normalized spacial score (nSPS) is 14.2. The minimum atomic E-state index is -3.65. The third kappa shape index (κ3) is 7.85. The molecule has 0 bridgehead atoms. The number of sulfonamides is 1. The van der Waals surface area contributed by atoms with Crippen molar-refractivity contribution in [2.24, 2.45) is 0 Å². The second kappa shape index (κ2) is 13.5. The number of fused-ring (bicyclic) bond motifs is 1. The molecule has 0 aliphatic carbocycles. The van der Waals surface area contributed by atoms with Crippen molar-refractivity contribution in [1.82, 2.24) is 5.32 Å². The maximum Gasteiger partial charge on any atom is 0.249 e. The average molecular weight is 634 g/mol. The molecule has 236 valence electrons. The highest BCUT2D eigenvalue weighted by molar-refractivity contribution is 7.92. The van der Waals surface area contributed by atoms with Gasteiger partial charge in [0.2, 0.25) is 22.7 Å². The molecular weight excluding hydrogens is 598 g/mol. The molecule has 1 heterocycles. The van der Waals surface area contributed by atoms with E-state index in [4.69, 9.17) is 18.9 Å². The van der Waals surface area contributed by atoms with Gasteiger partial charge in [0.05, 0.1) is 25.2 Å². The summed E-state index contributed by atoms with van der Waals surface area (Å²) in [5.74, 6) is 1.66. The molecule has 4 N–H and O–H groups in total. The minimum absolute atomic E-state index is 0.0559. The molecule has 0 saturated heterocycles. The van der Waals surface area contributed by atoms with Crippen molar-refractivity contribution >= 4 is 27.3 Å². The van der Waals surface area contributed by atoms with Gasteiger partial charge in [-0.1, -0.05) is 48.5 Å².